The third-order valence-electron chi connectivity index (χ3n) is 5.01. The van der Waals surface area contributed by atoms with E-state index in [1.165, 1.54) is 50.5 Å². The average molecular weight is 450 g/mol. The number of rotatable bonds is 5. The van der Waals surface area contributed by atoms with Crippen LogP contribution in [0.5, 0.6) is 0 Å². The molecule has 0 amide bonds. The second-order valence-electron chi connectivity index (χ2n) is 7.31. The molecule has 10 nitrogen and oxygen atoms in total. The summed E-state index contributed by atoms with van der Waals surface area (Å²) in [5, 5.41) is 16.1. The lowest BCUT2D eigenvalue weighted by atomic mass is 10.1. The van der Waals surface area contributed by atoms with Crippen molar-refractivity contribution in [2.75, 3.05) is 6.54 Å². The van der Waals surface area contributed by atoms with Gasteiger partial charge < -0.3 is 0 Å². The van der Waals surface area contributed by atoms with Crippen LogP contribution < -0.4 is 5.56 Å². The maximum Gasteiger partial charge on any atom is 0.289 e. The fourth-order valence-electron chi connectivity index (χ4n) is 3.50. The number of fused-ring (bicyclic) bond motifs is 1. The molecule has 30 heavy (non-hydrogen) atoms. The first-order valence-corrected chi connectivity index (χ1v) is 11.6. The molecule has 12 heteroatoms. The van der Waals surface area contributed by atoms with E-state index >= 15 is 0 Å². The standard InChI is InChI=1S/C18H19N5O5S2/c1-11(2)12-10-16(24)22-18(19-12)29-17(20-22)14-7-5-9-21(14)30(27,28)15-8-4-3-6-13(15)23(25)26/h3-4,6,8,10-11,14H,5,7,9H2,1-2H3. The number of benzene rings is 1. The highest BCUT2D eigenvalue weighted by molar-refractivity contribution is 7.89. The number of hydrogen-bond acceptors (Lipinski definition) is 8. The van der Waals surface area contributed by atoms with E-state index in [1.54, 1.807) is 0 Å². The SMILES string of the molecule is CC(C)c1cc(=O)n2nc(C3CCCN3S(=O)(=O)c3ccccc3[N+](=O)[O-])sc2n1. The Labute approximate surface area is 176 Å². The zero-order valence-corrected chi connectivity index (χ0v) is 17.9. The molecule has 4 rings (SSSR count). The smallest absolute Gasteiger partial charge is 0.267 e. The van der Waals surface area contributed by atoms with Crippen LogP contribution in [0.15, 0.2) is 40.0 Å². The zero-order valence-electron chi connectivity index (χ0n) is 16.3. The van der Waals surface area contributed by atoms with Crippen LogP contribution in [0.4, 0.5) is 5.69 Å². The van der Waals surface area contributed by atoms with E-state index in [1.807, 2.05) is 13.8 Å². The third-order valence-corrected chi connectivity index (χ3v) is 7.97. The first kappa shape index (κ1) is 20.6. The van der Waals surface area contributed by atoms with E-state index in [0.29, 0.717) is 28.5 Å². The van der Waals surface area contributed by atoms with Crippen LogP contribution in [0.2, 0.25) is 0 Å². The molecule has 0 radical (unpaired) electrons. The number of hydrogen-bond donors (Lipinski definition) is 0. The molecule has 2 aromatic heterocycles. The number of aromatic nitrogens is 3. The molecule has 3 aromatic rings. The summed E-state index contributed by atoms with van der Waals surface area (Å²) in [4.78, 5) is 27.6. The molecule has 1 aliphatic rings. The highest BCUT2D eigenvalue weighted by atomic mass is 32.2. The van der Waals surface area contributed by atoms with Gasteiger partial charge in [-0.3, -0.25) is 14.9 Å². The Kier molecular flexibility index (Phi) is 5.16. The Morgan fingerprint density at radius 3 is 2.73 bits per heavy atom. The summed E-state index contributed by atoms with van der Waals surface area (Å²) in [6, 6.07) is 6.12. The number of nitro groups is 1. The molecule has 0 bridgehead atoms. The van der Waals surface area contributed by atoms with Gasteiger partial charge in [-0.1, -0.05) is 37.3 Å². The normalized spacial score (nSPS) is 17.8. The first-order valence-electron chi connectivity index (χ1n) is 9.36. The molecule has 1 fully saturated rings. The van der Waals surface area contributed by atoms with E-state index in [-0.39, 0.29) is 22.9 Å². The number of sulfonamides is 1. The quantitative estimate of drug-likeness (QED) is 0.433. The highest BCUT2D eigenvalue weighted by Gasteiger charge is 2.41. The second-order valence-corrected chi connectivity index (χ2v) is 10.2. The van der Waals surface area contributed by atoms with Gasteiger partial charge in [0.2, 0.25) is 4.96 Å². The van der Waals surface area contributed by atoms with Gasteiger partial charge in [0.05, 0.1) is 16.7 Å². The summed E-state index contributed by atoms with van der Waals surface area (Å²) in [6.07, 6.45) is 1.09. The summed E-state index contributed by atoms with van der Waals surface area (Å²) in [7, 11) is -4.13. The molecule has 0 aliphatic carbocycles. The van der Waals surface area contributed by atoms with Crippen molar-refractivity contribution in [1.82, 2.24) is 18.9 Å². The topological polar surface area (TPSA) is 128 Å². The Balaban J connectivity index is 1.78. The van der Waals surface area contributed by atoms with Crippen molar-refractivity contribution in [3.05, 3.63) is 61.5 Å². The molecule has 1 aliphatic heterocycles. The van der Waals surface area contributed by atoms with Gasteiger partial charge in [0.15, 0.2) is 4.90 Å². The van der Waals surface area contributed by atoms with Gasteiger partial charge in [-0.05, 0) is 24.8 Å². The Hall–Kier alpha value is -2.70. The molecule has 0 spiro atoms. The highest BCUT2D eigenvalue weighted by Crippen LogP contribution is 2.39. The maximum atomic E-state index is 13.3. The van der Waals surface area contributed by atoms with Crippen LogP contribution in [0, 0.1) is 10.1 Å². The molecule has 0 N–H and O–H groups in total. The minimum atomic E-state index is -4.13. The lowest BCUT2D eigenvalue weighted by Crippen LogP contribution is -2.31. The third kappa shape index (κ3) is 3.40. The minimum absolute atomic E-state index is 0.0650. The van der Waals surface area contributed by atoms with Crippen molar-refractivity contribution >= 4 is 32.0 Å². The van der Waals surface area contributed by atoms with Gasteiger partial charge in [-0.15, -0.1) is 0 Å². The van der Waals surface area contributed by atoms with Crippen LogP contribution in [0.1, 0.15) is 49.4 Å². The first-order chi connectivity index (χ1) is 14.2. The lowest BCUT2D eigenvalue weighted by Gasteiger charge is -2.22. The molecular formula is C18H19N5O5S2. The van der Waals surface area contributed by atoms with Crippen molar-refractivity contribution in [3.8, 4) is 0 Å². The molecule has 1 saturated heterocycles. The number of para-hydroxylation sites is 1. The maximum absolute atomic E-state index is 13.3. The van der Waals surface area contributed by atoms with Gasteiger partial charge in [0, 0.05) is 18.7 Å². The van der Waals surface area contributed by atoms with E-state index in [0.717, 1.165) is 0 Å². The molecule has 0 saturated carbocycles. The number of nitrogens with zero attached hydrogens (tertiary/aromatic N) is 5. The lowest BCUT2D eigenvalue weighted by molar-refractivity contribution is -0.387. The van der Waals surface area contributed by atoms with Crippen molar-refractivity contribution < 1.29 is 13.3 Å². The van der Waals surface area contributed by atoms with E-state index in [4.69, 9.17) is 0 Å². The monoisotopic (exact) mass is 449 g/mol. The predicted octanol–water partition coefficient (Wildman–Crippen LogP) is 2.71. The van der Waals surface area contributed by atoms with Crippen LogP contribution >= 0.6 is 11.3 Å². The van der Waals surface area contributed by atoms with Crippen molar-refractivity contribution in [3.63, 3.8) is 0 Å². The minimum Gasteiger partial charge on any atom is -0.267 e. The summed E-state index contributed by atoms with van der Waals surface area (Å²) in [5.74, 6) is 0.0650. The van der Waals surface area contributed by atoms with E-state index in [2.05, 4.69) is 10.1 Å². The fourth-order valence-corrected chi connectivity index (χ4v) is 6.45. The van der Waals surface area contributed by atoms with Gasteiger partial charge >= 0.3 is 0 Å². The van der Waals surface area contributed by atoms with Crippen LogP contribution in [-0.4, -0.2) is 38.8 Å². The molecular weight excluding hydrogens is 430 g/mol. The summed E-state index contributed by atoms with van der Waals surface area (Å²) < 4.78 is 29.0. The van der Waals surface area contributed by atoms with Gasteiger partial charge in [-0.25, -0.2) is 13.4 Å². The Morgan fingerprint density at radius 1 is 1.30 bits per heavy atom. The summed E-state index contributed by atoms with van der Waals surface area (Å²) in [6.45, 7) is 4.07. The van der Waals surface area contributed by atoms with Crippen molar-refractivity contribution in [2.45, 2.75) is 43.5 Å². The van der Waals surface area contributed by atoms with Gasteiger partial charge in [0.25, 0.3) is 21.3 Å². The molecule has 3 heterocycles. The van der Waals surface area contributed by atoms with E-state index in [9.17, 15) is 23.3 Å². The van der Waals surface area contributed by atoms with Crippen LogP contribution in [0.3, 0.4) is 0 Å². The number of nitro benzene ring substituents is 1. The Bertz CT molecular complexity index is 1300. The second kappa shape index (κ2) is 7.52. The van der Waals surface area contributed by atoms with Crippen LogP contribution in [0.25, 0.3) is 4.96 Å². The molecule has 1 atom stereocenters. The molecule has 158 valence electrons. The fraction of sp³-hybridized carbons (Fsp3) is 0.389. The van der Waals surface area contributed by atoms with E-state index < -0.39 is 26.7 Å². The van der Waals surface area contributed by atoms with Gasteiger partial charge in [0.1, 0.15) is 5.01 Å². The largest absolute Gasteiger partial charge is 0.289 e. The average Bonchev–Trinajstić information content (AvgIpc) is 3.35. The van der Waals surface area contributed by atoms with Crippen LogP contribution in [-0.2, 0) is 10.0 Å². The predicted molar refractivity (Wildman–Crippen MR) is 110 cm³/mol. The zero-order chi connectivity index (χ0) is 21.6. The van der Waals surface area contributed by atoms with Gasteiger partial charge in [-0.2, -0.15) is 13.9 Å². The van der Waals surface area contributed by atoms with Crippen molar-refractivity contribution in [2.24, 2.45) is 0 Å². The van der Waals surface area contributed by atoms with Crippen molar-refractivity contribution in [1.29, 1.82) is 0 Å². The summed E-state index contributed by atoms with van der Waals surface area (Å²) in [5.41, 5.74) is -0.143. The molecule has 1 aromatic carbocycles. The molecule has 1 unspecified atom stereocenters. The summed E-state index contributed by atoms with van der Waals surface area (Å²) >= 11 is 1.17. The Morgan fingerprint density at radius 2 is 2.03 bits per heavy atom.